The molecule has 4 rings (SSSR count). The number of halogens is 2. The third-order valence-corrected chi connectivity index (χ3v) is 7.18. The molecule has 1 saturated heterocycles. The van der Waals surface area contributed by atoms with Crippen LogP contribution in [0.25, 0.3) is 6.08 Å². The number of nitrogens with one attached hydrogen (secondary N) is 1. The van der Waals surface area contributed by atoms with Gasteiger partial charge in [0.05, 0.1) is 14.2 Å². The molecule has 7 heteroatoms. The van der Waals surface area contributed by atoms with Gasteiger partial charge in [0.25, 0.3) is 0 Å². The lowest BCUT2D eigenvalue weighted by Crippen LogP contribution is -2.37. The normalized spacial score (nSPS) is 21.4. The van der Waals surface area contributed by atoms with Crippen LogP contribution in [0.4, 0.5) is 8.78 Å². The highest BCUT2D eigenvalue weighted by molar-refractivity contribution is 5.91. The number of hydrogen-bond donors (Lipinski definition) is 1. The number of carbonyl (C=O) groups excluding carboxylic acids is 1. The van der Waals surface area contributed by atoms with Gasteiger partial charge in [0.1, 0.15) is 11.6 Å². The number of amides is 1. The van der Waals surface area contributed by atoms with Gasteiger partial charge in [0, 0.05) is 24.7 Å². The second kappa shape index (κ2) is 11.7. The van der Waals surface area contributed by atoms with Gasteiger partial charge in [-0.3, -0.25) is 4.79 Å². The molecule has 0 bridgehead atoms. The zero-order valence-corrected chi connectivity index (χ0v) is 20.4. The van der Waals surface area contributed by atoms with Crippen LogP contribution < -0.4 is 14.8 Å². The van der Waals surface area contributed by atoms with Crippen LogP contribution in [-0.2, 0) is 4.79 Å². The van der Waals surface area contributed by atoms with Crippen molar-refractivity contribution in [1.29, 1.82) is 0 Å². The van der Waals surface area contributed by atoms with Crippen LogP contribution in [0.3, 0.4) is 0 Å². The smallest absolute Gasteiger partial charge is 0.244 e. The van der Waals surface area contributed by atoms with E-state index in [0.29, 0.717) is 17.4 Å². The van der Waals surface area contributed by atoms with E-state index < -0.39 is 11.6 Å². The summed E-state index contributed by atoms with van der Waals surface area (Å²) in [4.78, 5) is 14.8. The minimum atomic E-state index is -0.656. The number of methoxy groups -OCH3 is 2. The molecular weight excluding hydrogens is 450 g/mol. The fourth-order valence-corrected chi connectivity index (χ4v) is 5.39. The molecule has 2 aromatic carbocycles. The van der Waals surface area contributed by atoms with Crippen LogP contribution in [0.1, 0.15) is 49.1 Å². The Bertz CT molecular complexity index is 1030. The summed E-state index contributed by atoms with van der Waals surface area (Å²) in [5.41, 5.74) is 1.64. The lowest BCUT2D eigenvalue weighted by Gasteiger charge is -2.34. The summed E-state index contributed by atoms with van der Waals surface area (Å²) in [5.74, 6) is 1.10. The summed E-state index contributed by atoms with van der Waals surface area (Å²) in [6, 6.07) is 9.59. The Morgan fingerprint density at radius 1 is 1.00 bits per heavy atom. The fraction of sp³-hybridized carbons (Fsp3) is 0.464. The molecule has 1 N–H and O–H groups in total. The summed E-state index contributed by atoms with van der Waals surface area (Å²) in [6.07, 6.45) is 8.04. The van der Waals surface area contributed by atoms with Crippen molar-refractivity contribution in [3.05, 3.63) is 65.2 Å². The molecule has 5 nitrogen and oxygen atoms in total. The number of ether oxygens (including phenoxy) is 2. The molecule has 1 saturated carbocycles. The molecule has 0 aromatic heterocycles. The molecule has 35 heavy (non-hydrogen) atoms. The van der Waals surface area contributed by atoms with Gasteiger partial charge >= 0.3 is 0 Å². The summed E-state index contributed by atoms with van der Waals surface area (Å²) >= 11 is 0. The van der Waals surface area contributed by atoms with Crippen LogP contribution in [-0.4, -0.2) is 50.7 Å². The second-order valence-corrected chi connectivity index (χ2v) is 9.61. The highest BCUT2D eigenvalue weighted by Crippen LogP contribution is 2.35. The predicted molar refractivity (Wildman–Crippen MR) is 133 cm³/mol. The van der Waals surface area contributed by atoms with E-state index in [4.69, 9.17) is 9.47 Å². The van der Waals surface area contributed by atoms with Gasteiger partial charge in [0.15, 0.2) is 11.5 Å². The molecule has 188 valence electrons. The zero-order chi connectivity index (χ0) is 24.8. The molecule has 2 aliphatic rings. The van der Waals surface area contributed by atoms with E-state index in [1.165, 1.54) is 29.8 Å². The van der Waals surface area contributed by atoms with Crippen molar-refractivity contribution in [2.75, 3.05) is 33.9 Å². The molecule has 1 amide bonds. The van der Waals surface area contributed by atoms with Crippen LogP contribution in [0, 0.1) is 17.6 Å². The Morgan fingerprint density at radius 3 is 2.40 bits per heavy atom. The van der Waals surface area contributed by atoms with E-state index in [0.717, 1.165) is 69.3 Å². The first-order valence-corrected chi connectivity index (χ1v) is 12.3. The summed E-state index contributed by atoms with van der Waals surface area (Å²) in [7, 11) is 3.32. The number of nitrogens with zero attached hydrogens (tertiary/aromatic N) is 1. The largest absolute Gasteiger partial charge is 0.493 e. The van der Waals surface area contributed by atoms with Crippen molar-refractivity contribution in [2.24, 2.45) is 5.92 Å². The second-order valence-electron chi connectivity index (χ2n) is 9.61. The van der Waals surface area contributed by atoms with E-state index in [1.807, 2.05) is 6.07 Å². The summed E-state index contributed by atoms with van der Waals surface area (Å²) in [6.45, 7) is 3.20. The minimum Gasteiger partial charge on any atom is -0.493 e. The average Bonchev–Trinajstić information content (AvgIpc) is 3.28. The average molecular weight is 485 g/mol. The maximum absolute atomic E-state index is 13.3. The van der Waals surface area contributed by atoms with Gasteiger partial charge in [-0.15, -0.1) is 0 Å². The fourth-order valence-electron chi connectivity index (χ4n) is 5.39. The third-order valence-electron chi connectivity index (χ3n) is 7.18. The predicted octanol–water partition coefficient (Wildman–Crippen LogP) is 5.16. The Balaban J connectivity index is 1.20. The van der Waals surface area contributed by atoms with Crippen LogP contribution in [0.15, 0.2) is 42.5 Å². The minimum absolute atomic E-state index is 0.144. The van der Waals surface area contributed by atoms with Gasteiger partial charge in [-0.25, -0.2) is 8.78 Å². The van der Waals surface area contributed by atoms with Crippen molar-refractivity contribution < 1.29 is 23.0 Å². The van der Waals surface area contributed by atoms with E-state index in [-0.39, 0.29) is 11.9 Å². The van der Waals surface area contributed by atoms with Gasteiger partial charge in [-0.05, 0) is 98.5 Å². The van der Waals surface area contributed by atoms with Crippen molar-refractivity contribution in [3.8, 4) is 11.5 Å². The molecule has 1 aliphatic carbocycles. The third kappa shape index (κ3) is 6.82. The molecule has 2 aromatic rings. The monoisotopic (exact) mass is 484 g/mol. The Hall–Kier alpha value is -2.93. The Morgan fingerprint density at radius 2 is 1.71 bits per heavy atom. The number of piperidine rings is 1. The topological polar surface area (TPSA) is 50.8 Å². The lowest BCUT2D eigenvalue weighted by molar-refractivity contribution is -0.117. The molecule has 0 radical (unpaired) electrons. The number of carbonyl (C=O) groups is 1. The first-order valence-electron chi connectivity index (χ1n) is 12.3. The molecule has 1 heterocycles. The number of likely N-dealkylation sites (tertiary alicyclic amines) is 1. The first-order chi connectivity index (χ1) is 16.9. The number of benzene rings is 2. The van der Waals surface area contributed by atoms with E-state index in [1.54, 1.807) is 14.2 Å². The zero-order valence-electron chi connectivity index (χ0n) is 20.4. The highest BCUT2D eigenvalue weighted by atomic mass is 19.1. The van der Waals surface area contributed by atoms with Gasteiger partial charge in [0.2, 0.25) is 5.91 Å². The van der Waals surface area contributed by atoms with Crippen molar-refractivity contribution in [3.63, 3.8) is 0 Å². The van der Waals surface area contributed by atoms with Gasteiger partial charge < -0.3 is 19.7 Å². The molecule has 0 spiro atoms. The molecule has 2 fully saturated rings. The van der Waals surface area contributed by atoms with Crippen molar-refractivity contribution in [1.82, 2.24) is 10.2 Å². The quantitative estimate of drug-likeness (QED) is 0.526. The van der Waals surface area contributed by atoms with Crippen LogP contribution in [0.2, 0.25) is 0 Å². The van der Waals surface area contributed by atoms with Crippen LogP contribution >= 0.6 is 0 Å². The van der Waals surface area contributed by atoms with Gasteiger partial charge in [-0.2, -0.15) is 0 Å². The van der Waals surface area contributed by atoms with E-state index in [2.05, 4.69) is 22.3 Å². The Kier molecular flexibility index (Phi) is 8.39. The van der Waals surface area contributed by atoms with Gasteiger partial charge in [-0.1, -0.05) is 6.07 Å². The van der Waals surface area contributed by atoms with Crippen molar-refractivity contribution in [2.45, 2.75) is 44.1 Å². The SMILES string of the molecule is COc1ccc(C2CCN(CC3CCC(NC(=O)/C=C/c4cc(F)cc(F)c4)C3)CC2)cc1OC. The maximum atomic E-state index is 13.3. The standard InChI is InChI=1S/C28H34F2N2O3/c1-34-26-7-5-22(16-27(26)35-2)21-9-11-32(12-10-21)18-20-3-6-25(15-20)31-28(33)8-4-19-13-23(29)17-24(30)14-19/h4-5,7-8,13-14,16-17,20-21,25H,3,6,9-12,15,18H2,1-2H3,(H,31,33)/b8-4+. The summed E-state index contributed by atoms with van der Waals surface area (Å²) < 4.78 is 37.4. The lowest BCUT2D eigenvalue weighted by atomic mass is 9.88. The maximum Gasteiger partial charge on any atom is 0.244 e. The highest BCUT2D eigenvalue weighted by Gasteiger charge is 2.29. The molecule has 2 unspecified atom stereocenters. The van der Waals surface area contributed by atoms with Crippen molar-refractivity contribution >= 4 is 12.0 Å². The van der Waals surface area contributed by atoms with Crippen LogP contribution in [0.5, 0.6) is 11.5 Å². The number of rotatable bonds is 8. The summed E-state index contributed by atoms with van der Waals surface area (Å²) in [5, 5.41) is 3.04. The number of hydrogen-bond acceptors (Lipinski definition) is 4. The first kappa shape index (κ1) is 25.2. The Labute approximate surface area is 206 Å². The molecule has 2 atom stereocenters. The van der Waals surface area contributed by atoms with E-state index >= 15 is 0 Å². The molecular formula is C28H34F2N2O3. The molecule has 1 aliphatic heterocycles. The van der Waals surface area contributed by atoms with E-state index in [9.17, 15) is 13.6 Å².